The normalized spacial score (nSPS) is 11.4. The molecule has 122 valence electrons. The molecule has 0 atom stereocenters. The van der Waals surface area contributed by atoms with E-state index in [1.54, 1.807) is 29.7 Å². The summed E-state index contributed by atoms with van der Waals surface area (Å²) in [5, 5.41) is 17.0. The lowest BCUT2D eigenvalue weighted by atomic mass is 10.2. The van der Waals surface area contributed by atoms with Gasteiger partial charge in [-0.2, -0.15) is 0 Å². The number of nitrogens with zero attached hydrogens (tertiary/aromatic N) is 3. The first kappa shape index (κ1) is 19.3. The fourth-order valence-corrected chi connectivity index (χ4v) is 3.32. The maximum Gasteiger partial charge on any atom is 0.191 e. The van der Waals surface area contributed by atoms with Crippen molar-refractivity contribution in [2.75, 3.05) is 7.05 Å². The number of aromatic nitrogens is 2. The van der Waals surface area contributed by atoms with Crippen LogP contribution in [0.2, 0.25) is 0 Å². The average Bonchev–Trinajstić information content (AvgIpc) is 3.08. The Kier molecular flexibility index (Phi) is 8.26. The first-order valence-electron chi connectivity index (χ1n) is 6.90. The van der Waals surface area contributed by atoms with Gasteiger partial charge in [0, 0.05) is 22.7 Å². The molecule has 8 heteroatoms. The van der Waals surface area contributed by atoms with Crippen molar-refractivity contribution in [1.29, 1.82) is 0 Å². The number of aryl methyl sites for hydroxylation is 1. The zero-order chi connectivity index (χ0) is 15.2. The maximum absolute atomic E-state index is 4.22. The van der Waals surface area contributed by atoms with Crippen LogP contribution in [0, 0.1) is 6.92 Å². The molecule has 0 aliphatic rings. The van der Waals surface area contributed by atoms with Crippen LogP contribution in [0.1, 0.15) is 39.5 Å². The number of hydrogen-bond acceptors (Lipinski definition) is 5. The van der Waals surface area contributed by atoms with Gasteiger partial charge in [0.25, 0.3) is 0 Å². The molecule has 2 rings (SSSR count). The van der Waals surface area contributed by atoms with Gasteiger partial charge >= 0.3 is 0 Å². The Bertz CT molecular complexity index is 606. The molecule has 0 unspecified atom stereocenters. The third-order valence-electron chi connectivity index (χ3n) is 2.83. The van der Waals surface area contributed by atoms with Gasteiger partial charge in [-0.3, -0.25) is 4.99 Å². The van der Waals surface area contributed by atoms with E-state index in [-0.39, 0.29) is 24.0 Å². The molecular weight excluding hydrogens is 429 g/mol. The number of halogens is 1. The van der Waals surface area contributed by atoms with E-state index in [0.29, 0.717) is 12.5 Å². The van der Waals surface area contributed by atoms with Gasteiger partial charge in [0.15, 0.2) is 5.96 Å². The van der Waals surface area contributed by atoms with Gasteiger partial charge < -0.3 is 10.6 Å². The summed E-state index contributed by atoms with van der Waals surface area (Å²) in [6.07, 6.45) is 0. The largest absolute Gasteiger partial charge is 0.352 e. The van der Waals surface area contributed by atoms with Crippen LogP contribution in [0.3, 0.4) is 0 Å². The van der Waals surface area contributed by atoms with E-state index in [1.165, 1.54) is 9.75 Å². The standard InChI is InChI=1S/C14H21N5S2.HI/c1-9(2)13-19-18-12(21-13)8-17-14(15-4)16-7-11-6-5-10(3)20-11;/h5-6,9H,7-8H2,1-4H3,(H2,15,16,17);1H. The Balaban J connectivity index is 0.00000242. The zero-order valence-corrected chi connectivity index (χ0v) is 17.2. The number of rotatable bonds is 5. The monoisotopic (exact) mass is 451 g/mol. The minimum Gasteiger partial charge on any atom is -0.352 e. The molecule has 2 N–H and O–H groups in total. The van der Waals surface area contributed by atoms with Crippen LogP contribution in [0.25, 0.3) is 0 Å². The van der Waals surface area contributed by atoms with E-state index >= 15 is 0 Å². The first-order chi connectivity index (χ1) is 10.1. The number of thiophene rings is 1. The molecule has 0 radical (unpaired) electrons. The minimum absolute atomic E-state index is 0. The van der Waals surface area contributed by atoms with Crippen molar-refractivity contribution in [3.8, 4) is 0 Å². The Labute approximate surface area is 156 Å². The topological polar surface area (TPSA) is 62.2 Å². The SMILES string of the molecule is CN=C(NCc1ccc(C)s1)NCc1nnc(C(C)C)s1.I. The lowest BCUT2D eigenvalue weighted by Gasteiger charge is -2.09. The molecule has 0 amide bonds. The molecule has 2 aromatic rings. The smallest absolute Gasteiger partial charge is 0.191 e. The van der Waals surface area contributed by atoms with Crippen molar-refractivity contribution < 1.29 is 0 Å². The van der Waals surface area contributed by atoms with Gasteiger partial charge in [0.05, 0.1) is 13.1 Å². The van der Waals surface area contributed by atoms with Crippen LogP contribution in [0.15, 0.2) is 17.1 Å². The molecule has 2 aromatic heterocycles. The number of nitrogens with one attached hydrogen (secondary N) is 2. The Morgan fingerprint density at radius 1 is 1.18 bits per heavy atom. The van der Waals surface area contributed by atoms with Crippen LogP contribution in [0.4, 0.5) is 0 Å². The predicted octanol–water partition coefficient (Wildman–Crippen LogP) is 3.51. The lowest BCUT2D eigenvalue weighted by Crippen LogP contribution is -2.36. The van der Waals surface area contributed by atoms with E-state index in [9.17, 15) is 0 Å². The molecule has 0 saturated carbocycles. The summed E-state index contributed by atoms with van der Waals surface area (Å²) in [5.74, 6) is 1.21. The number of aliphatic imine (C=N–C) groups is 1. The van der Waals surface area contributed by atoms with Gasteiger partial charge in [-0.15, -0.1) is 45.5 Å². The molecule has 22 heavy (non-hydrogen) atoms. The molecule has 0 fully saturated rings. The molecule has 0 saturated heterocycles. The summed E-state index contributed by atoms with van der Waals surface area (Å²) in [7, 11) is 1.77. The van der Waals surface area contributed by atoms with Gasteiger partial charge in [-0.05, 0) is 19.1 Å². The van der Waals surface area contributed by atoms with E-state index < -0.39 is 0 Å². The van der Waals surface area contributed by atoms with E-state index in [1.807, 2.05) is 0 Å². The maximum atomic E-state index is 4.22. The summed E-state index contributed by atoms with van der Waals surface area (Å²) in [6, 6.07) is 4.27. The average molecular weight is 451 g/mol. The molecule has 0 aliphatic heterocycles. The van der Waals surface area contributed by atoms with Crippen molar-refractivity contribution in [3.63, 3.8) is 0 Å². The highest BCUT2D eigenvalue weighted by Crippen LogP contribution is 2.18. The molecular formula is C14H22IN5S2. The molecule has 0 aromatic carbocycles. The first-order valence-corrected chi connectivity index (χ1v) is 8.54. The Morgan fingerprint density at radius 2 is 1.91 bits per heavy atom. The second-order valence-corrected chi connectivity index (χ2v) is 7.45. The second kappa shape index (κ2) is 9.41. The predicted molar refractivity (Wildman–Crippen MR) is 106 cm³/mol. The lowest BCUT2D eigenvalue weighted by molar-refractivity contribution is 0.786. The van der Waals surface area contributed by atoms with Gasteiger partial charge in [-0.25, -0.2) is 0 Å². The third kappa shape index (κ3) is 5.81. The second-order valence-electron chi connectivity index (χ2n) is 4.98. The van der Waals surface area contributed by atoms with E-state index in [4.69, 9.17) is 0 Å². The zero-order valence-electron chi connectivity index (χ0n) is 13.2. The summed E-state index contributed by atoms with van der Waals surface area (Å²) in [5.41, 5.74) is 0. The van der Waals surface area contributed by atoms with Crippen LogP contribution in [-0.2, 0) is 13.1 Å². The Morgan fingerprint density at radius 3 is 2.45 bits per heavy atom. The summed E-state index contributed by atoms with van der Waals surface area (Å²) >= 11 is 3.44. The highest BCUT2D eigenvalue weighted by atomic mass is 127. The van der Waals surface area contributed by atoms with Crippen LogP contribution in [-0.4, -0.2) is 23.2 Å². The Hall–Kier alpha value is -0.740. The molecule has 2 heterocycles. The highest BCUT2D eigenvalue weighted by molar-refractivity contribution is 14.0. The number of hydrogen-bond donors (Lipinski definition) is 2. The third-order valence-corrected chi connectivity index (χ3v) is 5.06. The van der Waals surface area contributed by atoms with Crippen molar-refractivity contribution in [3.05, 3.63) is 31.9 Å². The summed E-state index contributed by atoms with van der Waals surface area (Å²) in [4.78, 5) is 6.85. The molecule has 0 aliphatic carbocycles. The van der Waals surface area contributed by atoms with Gasteiger partial charge in [0.2, 0.25) is 0 Å². The van der Waals surface area contributed by atoms with E-state index in [2.05, 4.69) is 58.7 Å². The summed E-state index contributed by atoms with van der Waals surface area (Å²) in [6.45, 7) is 7.80. The van der Waals surface area contributed by atoms with Crippen molar-refractivity contribution in [1.82, 2.24) is 20.8 Å². The fraction of sp³-hybridized carbons (Fsp3) is 0.500. The highest BCUT2D eigenvalue weighted by Gasteiger charge is 2.08. The summed E-state index contributed by atoms with van der Waals surface area (Å²) < 4.78 is 0. The van der Waals surface area contributed by atoms with Gasteiger partial charge in [-0.1, -0.05) is 25.2 Å². The number of guanidine groups is 1. The van der Waals surface area contributed by atoms with Crippen molar-refractivity contribution >= 4 is 52.6 Å². The fourth-order valence-electron chi connectivity index (χ4n) is 1.70. The van der Waals surface area contributed by atoms with Crippen molar-refractivity contribution in [2.24, 2.45) is 4.99 Å². The molecule has 0 bridgehead atoms. The van der Waals surface area contributed by atoms with Crippen molar-refractivity contribution in [2.45, 2.75) is 39.8 Å². The van der Waals surface area contributed by atoms with E-state index in [0.717, 1.165) is 22.5 Å². The van der Waals surface area contributed by atoms with Gasteiger partial charge in [0.1, 0.15) is 10.0 Å². The van der Waals surface area contributed by atoms with Crippen LogP contribution in [0.5, 0.6) is 0 Å². The quantitative estimate of drug-likeness (QED) is 0.415. The van der Waals surface area contributed by atoms with Crippen LogP contribution >= 0.6 is 46.7 Å². The minimum atomic E-state index is 0. The van der Waals surface area contributed by atoms with Crippen LogP contribution < -0.4 is 10.6 Å². The molecule has 5 nitrogen and oxygen atoms in total. The molecule has 0 spiro atoms.